The predicted octanol–water partition coefficient (Wildman–Crippen LogP) is 5.15. The van der Waals surface area contributed by atoms with Crippen LogP contribution in [0.3, 0.4) is 0 Å². The second kappa shape index (κ2) is 12.3. The third kappa shape index (κ3) is 8.34. The van der Waals surface area contributed by atoms with Gasteiger partial charge in [0.25, 0.3) is 0 Å². The smallest absolute Gasteiger partial charge is 0.230 e. The molecule has 132 valence electrons. The molecule has 1 aliphatic heterocycles. The van der Waals surface area contributed by atoms with Crippen LogP contribution in [0.1, 0.15) is 90.9 Å². The van der Waals surface area contributed by atoms with Gasteiger partial charge >= 0.3 is 0 Å². The third-order valence-electron chi connectivity index (χ3n) is 4.77. The van der Waals surface area contributed by atoms with Gasteiger partial charge in [-0.2, -0.15) is 0 Å². The van der Waals surface area contributed by atoms with Crippen molar-refractivity contribution < 1.29 is 9.59 Å². The monoisotopic (exact) mass is 321 g/mol. The van der Waals surface area contributed by atoms with Crippen molar-refractivity contribution in [2.75, 3.05) is 0 Å². The van der Waals surface area contributed by atoms with E-state index in [1.807, 2.05) is 0 Å². The SMILES string of the molecule is CCCCCCCCC/C=C/C(CCCC)C1CC(=O)NC1=O. The Hall–Kier alpha value is -1.12. The summed E-state index contributed by atoms with van der Waals surface area (Å²) >= 11 is 0. The molecule has 2 amide bonds. The van der Waals surface area contributed by atoms with Crippen molar-refractivity contribution in [2.45, 2.75) is 90.9 Å². The lowest BCUT2D eigenvalue weighted by atomic mass is 9.86. The van der Waals surface area contributed by atoms with E-state index in [9.17, 15) is 9.59 Å². The molecule has 1 saturated heterocycles. The van der Waals surface area contributed by atoms with E-state index in [1.54, 1.807) is 0 Å². The van der Waals surface area contributed by atoms with Gasteiger partial charge in [-0.25, -0.2) is 0 Å². The third-order valence-corrected chi connectivity index (χ3v) is 4.77. The van der Waals surface area contributed by atoms with Gasteiger partial charge in [0.1, 0.15) is 0 Å². The Morgan fingerprint density at radius 1 is 1.00 bits per heavy atom. The summed E-state index contributed by atoms with van der Waals surface area (Å²) in [6, 6.07) is 0. The van der Waals surface area contributed by atoms with Crippen molar-refractivity contribution in [3.8, 4) is 0 Å². The zero-order valence-corrected chi connectivity index (χ0v) is 15.1. The van der Waals surface area contributed by atoms with E-state index in [0.717, 1.165) is 25.7 Å². The molecule has 1 rings (SSSR count). The summed E-state index contributed by atoms with van der Waals surface area (Å²) in [5.74, 6) is -0.0936. The number of carbonyl (C=O) groups excluding carboxylic acids is 2. The van der Waals surface area contributed by atoms with E-state index in [4.69, 9.17) is 0 Å². The van der Waals surface area contributed by atoms with Crippen LogP contribution < -0.4 is 5.32 Å². The maximum absolute atomic E-state index is 11.9. The zero-order chi connectivity index (χ0) is 16.9. The first-order valence-corrected chi connectivity index (χ1v) is 9.69. The highest BCUT2D eigenvalue weighted by Crippen LogP contribution is 2.27. The summed E-state index contributed by atoms with van der Waals surface area (Å²) in [7, 11) is 0. The molecule has 0 spiro atoms. The molecule has 3 nitrogen and oxygen atoms in total. The van der Waals surface area contributed by atoms with E-state index in [2.05, 4.69) is 31.3 Å². The van der Waals surface area contributed by atoms with E-state index in [-0.39, 0.29) is 23.7 Å². The molecule has 2 atom stereocenters. The Kier molecular flexibility index (Phi) is 10.7. The van der Waals surface area contributed by atoms with E-state index < -0.39 is 0 Å². The van der Waals surface area contributed by atoms with Crippen LogP contribution in [0.5, 0.6) is 0 Å². The minimum atomic E-state index is -0.139. The molecule has 0 radical (unpaired) electrons. The molecule has 0 bridgehead atoms. The molecular weight excluding hydrogens is 286 g/mol. The molecule has 2 unspecified atom stereocenters. The first-order valence-electron chi connectivity index (χ1n) is 9.69. The largest absolute Gasteiger partial charge is 0.296 e. The van der Waals surface area contributed by atoms with Gasteiger partial charge < -0.3 is 0 Å². The molecule has 1 heterocycles. The highest BCUT2D eigenvalue weighted by atomic mass is 16.2. The van der Waals surface area contributed by atoms with Gasteiger partial charge in [-0.3, -0.25) is 14.9 Å². The van der Waals surface area contributed by atoms with Gasteiger partial charge in [0.2, 0.25) is 11.8 Å². The van der Waals surface area contributed by atoms with Crippen LogP contribution in [0.25, 0.3) is 0 Å². The molecule has 23 heavy (non-hydrogen) atoms. The van der Waals surface area contributed by atoms with E-state index in [1.165, 1.54) is 44.9 Å². The van der Waals surface area contributed by atoms with Crippen molar-refractivity contribution in [1.29, 1.82) is 0 Å². The fourth-order valence-corrected chi connectivity index (χ4v) is 3.28. The van der Waals surface area contributed by atoms with Crippen LogP contribution >= 0.6 is 0 Å². The summed E-state index contributed by atoms with van der Waals surface area (Å²) < 4.78 is 0. The Bertz CT molecular complexity index is 376. The molecule has 1 fully saturated rings. The van der Waals surface area contributed by atoms with Crippen molar-refractivity contribution in [1.82, 2.24) is 5.32 Å². The summed E-state index contributed by atoms with van der Waals surface area (Å²) in [5, 5.41) is 2.45. The van der Waals surface area contributed by atoms with Crippen molar-refractivity contribution in [3.63, 3.8) is 0 Å². The van der Waals surface area contributed by atoms with Gasteiger partial charge in [0.05, 0.1) is 5.92 Å². The average molecular weight is 322 g/mol. The molecule has 1 N–H and O–H groups in total. The fraction of sp³-hybridized carbons (Fsp3) is 0.800. The van der Waals surface area contributed by atoms with Crippen LogP contribution in [-0.2, 0) is 9.59 Å². The lowest BCUT2D eigenvalue weighted by Gasteiger charge is -2.17. The molecular formula is C20H35NO2. The Morgan fingerprint density at radius 3 is 2.26 bits per heavy atom. The van der Waals surface area contributed by atoms with E-state index >= 15 is 0 Å². The zero-order valence-electron chi connectivity index (χ0n) is 15.1. The molecule has 0 aromatic heterocycles. The molecule has 0 aromatic carbocycles. The van der Waals surface area contributed by atoms with Gasteiger partial charge in [-0.05, 0) is 25.2 Å². The van der Waals surface area contributed by atoms with Crippen molar-refractivity contribution in [3.05, 3.63) is 12.2 Å². The normalized spacial score (nSPS) is 19.5. The fourth-order valence-electron chi connectivity index (χ4n) is 3.28. The number of nitrogens with one attached hydrogen (secondary N) is 1. The number of carbonyl (C=O) groups is 2. The van der Waals surface area contributed by atoms with Crippen molar-refractivity contribution in [2.24, 2.45) is 11.8 Å². The first kappa shape index (κ1) is 19.9. The first-order chi connectivity index (χ1) is 11.2. The number of amides is 2. The molecule has 0 aromatic rings. The topological polar surface area (TPSA) is 46.2 Å². The molecule has 1 aliphatic rings. The van der Waals surface area contributed by atoms with Crippen LogP contribution in [-0.4, -0.2) is 11.8 Å². The lowest BCUT2D eigenvalue weighted by molar-refractivity contribution is -0.126. The standard InChI is InChI=1S/C20H35NO2/c1-3-5-7-8-9-10-11-12-13-15-17(14-6-4-2)18-16-19(22)21-20(18)23/h13,15,17-18H,3-12,14,16H2,1-2H3,(H,21,22,23)/b15-13+. The highest BCUT2D eigenvalue weighted by Gasteiger charge is 2.35. The maximum Gasteiger partial charge on any atom is 0.230 e. The molecule has 3 heteroatoms. The number of hydrogen-bond donors (Lipinski definition) is 1. The van der Waals surface area contributed by atoms with Crippen LogP contribution in [0.4, 0.5) is 0 Å². The molecule has 0 saturated carbocycles. The maximum atomic E-state index is 11.9. The number of imide groups is 1. The highest BCUT2D eigenvalue weighted by molar-refractivity contribution is 6.03. The number of unbranched alkanes of at least 4 members (excludes halogenated alkanes) is 8. The summed E-state index contributed by atoms with van der Waals surface area (Å²) in [4.78, 5) is 23.3. The predicted molar refractivity (Wildman–Crippen MR) is 96.0 cm³/mol. The minimum Gasteiger partial charge on any atom is -0.296 e. The van der Waals surface area contributed by atoms with E-state index in [0.29, 0.717) is 6.42 Å². The minimum absolute atomic E-state index is 0.0725. The van der Waals surface area contributed by atoms with Crippen LogP contribution in [0.15, 0.2) is 12.2 Å². The van der Waals surface area contributed by atoms with Crippen molar-refractivity contribution >= 4 is 11.8 Å². The Balaban J connectivity index is 2.27. The number of rotatable bonds is 13. The summed E-state index contributed by atoms with van der Waals surface area (Å²) in [5.41, 5.74) is 0. The summed E-state index contributed by atoms with van der Waals surface area (Å²) in [6.07, 6.45) is 18.4. The van der Waals surface area contributed by atoms with Gasteiger partial charge in [0, 0.05) is 6.42 Å². The quantitative estimate of drug-likeness (QED) is 0.289. The lowest BCUT2D eigenvalue weighted by Crippen LogP contribution is -2.25. The van der Waals surface area contributed by atoms with Gasteiger partial charge in [-0.15, -0.1) is 0 Å². The van der Waals surface area contributed by atoms with Gasteiger partial charge in [0.15, 0.2) is 0 Å². The summed E-state index contributed by atoms with van der Waals surface area (Å²) in [6.45, 7) is 4.41. The number of hydrogen-bond acceptors (Lipinski definition) is 2. The number of allylic oxidation sites excluding steroid dienone is 2. The Morgan fingerprint density at radius 2 is 1.65 bits per heavy atom. The average Bonchev–Trinajstić information content (AvgIpc) is 2.87. The van der Waals surface area contributed by atoms with Crippen LogP contribution in [0, 0.1) is 11.8 Å². The molecule has 0 aliphatic carbocycles. The van der Waals surface area contributed by atoms with Crippen LogP contribution in [0.2, 0.25) is 0 Å². The Labute approximate surface area is 142 Å². The van der Waals surface area contributed by atoms with Gasteiger partial charge in [-0.1, -0.05) is 77.4 Å². The second-order valence-corrected chi connectivity index (χ2v) is 6.87. The second-order valence-electron chi connectivity index (χ2n) is 6.87.